The molecule has 5 nitrogen and oxygen atoms in total. The molecular weight excluding hydrogens is 421 g/mol. The van der Waals surface area contributed by atoms with Crippen molar-refractivity contribution in [3.8, 4) is 5.75 Å². The minimum absolute atomic E-state index is 0.0878. The second kappa shape index (κ2) is 9.61. The van der Waals surface area contributed by atoms with E-state index >= 15 is 0 Å². The monoisotopic (exact) mass is 439 g/mol. The number of benzene rings is 2. The van der Waals surface area contributed by atoms with E-state index in [1.165, 1.54) is 23.9 Å². The maximum atomic E-state index is 12.3. The van der Waals surface area contributed by atoms with Crippen molar-refractivity contribution in [1.82, 2.24) is 10.3 Å². The number of amides is 1. The molecule has 0 saturated carbocycles. The van der Waals surface area contributed by atoms with Gasteiger partial charge in [-0.1, -0.05) is 46.9 Å². The van der Waals surface area contributed by atoms with E-state index in [9.17, 15) is 9.90 Å². The number of phenolic OH excluding ortho intramolecular Hbond substituents is 1. The minimum Gasteiger partial charge on any atom is -0.506 e. The van der Waals surface area contributed by atoms with Gasteiger partial charge in [0.05, 0.1) is 11.2 Å². The molecule has 1 saturated heterocycles. The molecule has 148 valence electrons. The Hall–Kier alpha value is -1.79. The molecule has 2 aromatic carbocycles. The van der Waals surface area contributed by atoms with Crippen LogP contribution in [-0.2, 0) is 11.3 Å². The van der Waals surface area contributed by atoms with Crippen LogP contribution >= 0.6 is 34.8 Å². The van der Waals surface area contributed by atoms with Gasteiger partial charge in [-0.2, -0.15) is 5.10 Å². The molecule has 0 aliphatic carbocycles. The van der Waals surface area contributed by atoms with Crippen molar-refractivity contribution < 1.29 is 9.90 Å². The van der Waals surface area contributed by atoms with E-state index in [-0.39, 0.29) is 22.6 Å². The number of nitrogens with zero attached hydrogens (tertiary/aromatic N) is 2. The molecule has 3 rings (SSSR count). The summed E-state index contributed by atoms with van der Waals surface area (Å²) in [7, 11) is 0. The van der Waals surface area contributed by atoms with E-state index < -0.39 is 0 Å². The number of hydrazone groups is 1. The number of hydrogen-bond donors (Lipinski definition) is 2. The smallest absolute Gasteiger partial charge is 0.243 e. The van der Waals surface area contributed by atoms with Crippen LogP contribution in [0.15, 0.2) is 41.5 Å². The van der Waals surface area contributed by atoms with Crippen LogP contribution in [0.3, 0.4) is 0 Å². The Bertz CT molecular complexity index is 864. The molecule has 1 aliphatic rings. The zero-order valence-electron chi connectivity index (χ0n) is 15.0. The fourth-order valence-corrected chi connectivity index (χ4v) is 3.78. The predicted molar refractivity (Wildman–Crippen MR) is 113 cm³/mol. The number of nitrogens with one attached hydrogen (secondary N) is 1. The number of rotatable bonds is 5. The van der Waals surface area contributed by atoms with Crippen LogP contribution in [-0.4, -0.2) is 35.2 Å². The van der Waals surface area contributed by atoms with Crippen LogP contribution in [0.2, 0.25) is 15.1 Å². The lowest BCUT2D eigenvalue weighted by atomic mass is 9.96. The number of likely N-dealkylation sites (tertiary alicyclic amines) is 1. The number of carbonyl (C=O) groups excluding carboxylic acids is 1. The Morgan fingerprint density at radius 1 is 1.14 bits per heavy atom. The largest absolute Gasteiger partial charge is 0.506 e. The van der Waals surface area contributed by atoms with Crippen LogP contribution in [0.5, 0.6) is 5.75 Å². The molecular formula is C20H20Cl3N3O2. The minimum atomic E-state index is -0.130. The van der Waals surface area contributed by atoms with E-state index in [0.29, 0.717) is 10.6 Å². The molecule has 0 spiro atoms. The highest BCUT2D eigenvalue weighted by Gasteiger charge is 2.24. The van der Waals surface area contributed by atoms with E-state index in [1.807, 2.05) is 24.3 Å². The SMILES string of the molecule is O=C(N/N=C\c1cc(Cl)cc(Cl)c1O)C1CCN(Cc2ccc(Cl)cc2)CC1. The maximum Gasteiger partial charge on any atom is 0.243 e. The summed E-state index contributed by atoms with van der Waals surface area (Å²) in [5.74, 6) is -0.343. The number of aromatic hydroxyl groups is 1. The quantitative estimate of drug-likeness (QED) is 0.522. The lowest BCUT2D eigenvalue weighted by Crippen LogP contribution is -2.39. The first-order valence-corrected chi connectivity index (χ1v) is 10.0. The van der Waals surface area contributed by atoms with Crippen LogP contribution < -0.4 is 5.43 Å². The first kappa shape index (κ1) is 20.9. The standard InChI is InChI=1S/C20H20Cl3N3O2/c21-16-3-1-13(2-4-16)12-26-7-5-14(6-8-26)20(28)25-24-11-15-9-17(22)10-18(23)19(15)27/h1-4,9-11,14,27H,5-8,12H2,(H,25,28)/b24-11-. The normalized spacial score (nSPS) is 15.8. The third-order valence-electron chi connectivity index (χ3n) is 4.71. The van der Waals surface area contributed by atoms with E-state index in [4.69, 9.17) is 34.8 Å². The van der Waals surface area contributed by atoms with Gasteiger partial charge in [0, 0.05) is 28.1 Å². The van der Waals surface area contributed by atoms with E-state index in [0.717, 1.165) is 37.5 Å². The molecule has 28 heavy (non-hydrogen) atoms. The van der Waals surface area contributed by atoms with Gasteiger partial charge in [0.1, 0.15) is 5.75 Å². The summed E-state index contributed by atoms with van der Waals surface area (Å²) in [6.45, 7) is 2.53. The molecule has 1 amide bonds. The van der Waals surface area contributed by atoms with Crippen molar-refractivity contribution in [1.29, 1.82) is 0 Å². The second-order valence-electron chi connectivity index (χ2n) is 6.74. The van der Waals surface area contributed by atoms with Gasteiger partial charge in [-0.3, -0.25) is 9.69 Å². The van der Waals surface area contributed by atoms with Crippen molar-refractivity contribution in [2.75, 3.05) is 13.1 Å². The van der Waals surface area contributed by atoms with Gasteiger partial charge in [0.15, 0.2) is 0 Å². The van der Waals surface area contributed by atoms with Gasteiger partial charge in [-0.25, -0.2) is 5.43 Å². The fraction of sp³-hybridized carbons (Fsp3) is 0.300. The maximum absolute atomic E-state index is 12.3. The Morgan fingerprint density at radius 2 is 1.82 bits per heavy atom. The molecule has 0 bridgehead atoms. The van der Waals surface area contributed by atoms with Crippen molar-refractivity contribution in [2.24, 2.45) is 11.0 Å². The zero-order chi connectivity index (χ0) is 20.1. The summed E-state index contributed by atoms with van der Waals surface area (Å²) in [5.41, 5.74) is 4.09. The molecule has 1 heterocycles. The molecule has 1 fully saturated rings. The summed E-state index contributed by atoms with van der Waals surface area (Å²) in [4.78, 5) is 14.7. The highest BCUT2D eigenvalue weighted by Crippen LogP contribution is 2.30. The first-order valence-electron chi connectivity index (χ1n) is 8.90. The van der Waals surface area contributed by atoms with Crippen molar-refractivity contribution >= 4 is 46.9 Å². The number of carbonyl (C=O) groups is 1. The summed E-state index contributed by atoms with van der Waals surface area (Å²) in [6.07, 6.45) is 2.87. The fourth-order valence-electron chi connectivity index (χ4n) is 3.14. The van der Waals surface area contributed by atoms with Crippen LogP contribution in [0.4, 0.5) is 0 Å². The molecule has 2 aromatic rings. The summed E-state index contributed by atoms with van der Waals surface area (Å²) < 4.78 is 0. The summed E-state index contributed by atoms with van der Waals surface area (Å²) in [6, 6.07) is 10.8. The van der Waals surface area contributed by atoms with Gasteiger partial charge >= 0.3 is 0 Å². The number of phenols is 1. The number of halogens is 3. The lowest BCUT2D eigenvalue weighted by Gasteiger charge is -2.30. The predicted octanol–water partition coefficient (Wildman–Crippen LogP) is 4.71. The average molecular weight is 441 g/mol. The van der Waals surface area contributed by atoms with Gasteiger partial charge in [0.25, 0.3) is 0 Å². The average Bonchev–Trinajstić information content (AvgIpc) is 2.68. The van der Waals surface area contributed by atoms with Gasteiger partial charge in [-0.15, -0.1) is 0 Å². The Morgan fingerprint density at radius 3 is 2.50 bits per heavy atom. The molecule has 0 aromatic heterocycles. The molecule has 0 radical (unpaired) electrons. The summed E-state index contributed by atoms with van der Waals surface area (Å²) in [5, 5.41) is 15.1. The highest BCUT2D eigenvalue weighted by molar-refractivity contribution is 6.36. The molecule has 8 heteroatoms. The van der Waals surface area contributed by atoms with Crippen molar-refractivity contribution in [3.63, 3.8) is 0 Å². The Labute approximate surface area is 178 Å². The van der Waals surface area contributed by atoms with Gasteiger partial charge < -0.3 is 5.11 Å². The highest BCUT2D eigenvalue weighted by atomic mass is 35.5. The van der Waals surface area contributed by atoms with Crippen molar-refractivity contribution in [2.45, 2.75) is 19.4 Å². The van der Waals surface area contributed by atoms with Crippen LogP contribution in [0.1, 0.15) is 24.0 Å². The summed E-state index contributed by atoms with van der Waals surface area (Å²) >= 11 is 17.7. The van der Waals surface area contributed by atoms with Crippen LogP contribution in [0, 0.1) is 5.92 Å². The number of hydrogen-bond acceptors (Lipinski definition) is 4. The van der Waals surface area contributed by atoms with E-state index in [2.05, 4.69) is 15.4 Å². The molecule has 1 aliphatic heterocycles. The lowest BCUT2D eigenvalue weighted by molar-refractivity contribution is -0.126. The molecule has 0 atom stereocenters. The molecule has 2 N–H and O–H groups in total. The zero-order valence-corrected chi connectivity index (χ0v) is 17.3. The second-order valence-corrected chi connectivity index (χ2v) is 8.02. The number of piperidine rings is 1. The topological polar surface area (TPSA) is 64.9 Å². The third-order valence-corrected chi connectivity index (χ3v) is 5.47. The first-order chi connectivity index (χ1) is 13.4. The van der Waals surface area contributed by atoms with Crippen molar-refractivity contribution in [3.05, 3.63) is 62.6 Å². The van der Waals surface area contributed by atoms with E-state index in [1.54, 1.807) is 0 Å². The Balaban J connectivity index is 1.48. The van der Waals surface area contributed by atoms with Gasteiger partial charge in [0.2, 0.25) is 5.91 Å². The van der Waals surface area contributed by atoms with Crippen LogP contribution in [0.25, 0.3) is 0 Å². The third kappa shape index (κ3) is 5.61. The van der Waals surface area contributed by atoms with Gasteiger partial charge in [-0.05, 0) is 55.8 Å². The Kier molecular flexibility index (Phi) is 7.18. The molecule has 0 unspecified atom stereocenters.